The molecule has 0 saturated carbocycles. The molecule has 0 saturated heterocycles. The van der Waals surface area contributed by atoms with E-state index in [-0.39, 0.29) is 11.3 Å². The van der Waals surface area contributed by atoms with E-state index in [4.69, 9.17) is 9.47 Å². The van der Waals surface area contributed by atoms with E-state index < -0.39 is 34.4 Å². The van der Waals surface area contributed by atoms with Gasteiger partial charge >= 0.3 is 11.7 Å². The summed E-state index contributed by atoms with van der Waals surface area (Å²) in [5, 5.41) is 13.1. The fourth-order valence-electron chi connectivity index (χ4n) is 2.04. The number of nitrogens with zero attached hydrogens (tertiary/aromatic N) is 1. The van der Waals surface area contributed by atoms with Crippen LogP contribution < -0.4 is 10.1 Å². The van der Waals surface area contributed by atoms with E-state index in [0.717, 1.165) is 18.2 Å². The van der Waals surface area contributed by atoms with Crippen LogP contribution in [0.15, 0.2) is 40.9 Å². The molecule has 0 aliphatic carbocycles. The molecule has 0 aliphatic heterocycles. The van der Waals surface area contributed by atoms with Crippen molar-refractivity contribution in [3.63, 3.8) is 0 Å². The van der Waals surface area contributed by atoms with Crippen molar-refractivity contribution in [1.29, 1.82) is 0 Å². The maximum Gasteiger partial charge on any atom is 0.340 e. The summed E-state index contributed by atoms with van der Waals surface area (Å²) in [5.74, 6) is -2.10. The van der Waals surface area contributed by atoms with Gasteiger partial charge in [-0.3, -0.25) is 14.9 Å². The molecular formula is C17H14BrFN2O6. The second kappa shape index (κ2) is 8.58. The average molecular weight is 441 g/mol. The molecule has 0 bridgehead atoms. The summed E-state index contributed by atoms with van der Waals surface area (Å²) in [6.07, 6.45) is -1.21. The van der Waals surface area contributed by atoms with Gasteiger partial charge in [0.2, 0.25) is 5.82 Å². The molecule has 0 heterocycles. The number of benzene rings is 2. The van der Waals surface area contributed by atoms with Crippen LogP contribution in [0.4, 0.5) is 15.8 Å². The van der Waals surface area contributed by atoms with E-state index in [1.807, 2.05) is 0 Å². The minimum Gasteiger partial charge on any atom is -0.497 e. The lowest BCUT2D eigenvalue weighted by Crippen LogP contribution is -2.30. The van der Waals surface area contributed by atoms with Crippen LogP contribution in [0.5, 0.6) is 5.75 Å². The van der Waals surface area contributed by atoms with Crippen LogP contribution >= 0.6 is 15.9 Å². The first-order chi connectivity index (χ1) is 12.7. The Kier molecular flexibility index (Phi) is 6.45. The summed E-state index contributed by atoms with van der Waals surface area (Å²) in [6.45, 7) is 1.33. The number of ether oxygens (including phenoxy) is 2. The highest BCUT2D eigenvalue weighted by Crippen LogP contribution is 2.24. The quantitative estimate of drug-likeness (QED) is 0.416. The third kappa shape index (κ3) is 5.00. The lowest BCUT2D eigenvalue weighted by Gasteiger charge is -2.14. The van der Waals surface area contributed by atoms with Gasteiger partial charge < -0.3 is 14.8 Å². The first-order valence-corrected chi connectivity index (χ1v) is 8.31. The van der Waals surface area contributed by atoms with Crippen molar-refractivity contribution in [2.24, 2.45) is 0 Å². The van der Waals surface area contributed by atoms with Gasteiger partial charge in [-0.15, -0.1) is 0 Å². The standard InChI is InChI=1S/C17H14BrFN2O6/c1-9(27-17(23)12-8-11(26-2)4-5-13(12)18)16(22)20-10-3-6-14(19)15(7-10)21(24)25/h3-9H,1-2H3,(H,20,22). The molecule has 0 fully saturated rings. The summed E-state index contributed by atoms with van der Waals surface area (Å²) in [4.78, 5) is 34.3. The van der Waals surface area contributed by atoms with Gasteiger partial charge in [0.1, 0.15) is 5.75 Å². The van der Waals surface area contributed by atoms with E-state index in [2.05, 4.69) is 21.2 Å². The van der Waals surface area contributed by atoms with Crippen LogP contribution in [0.2, 0.25) is 0 Å². The van der Waals surface area contributed by atoms with Crippen molar-refractivity contribution in [2.45, 2.75) is 13.0 Å². The average Bonchev–Trinajstić information content (AvgIpc) is 2.63. The zero-order valence-corrected chi connectivity index (χ0v) is 15.8. The number of nitro groups is 1. The molecule has 0 radical (unpaired) electrons. The van der Waals surface area contributed by atoms with Gasteiger partial charge in [-0.2, -0.15) is 4.39 Å². The highest BCUT2D eigenvalue weighted by atomic mass is 79.9. The van der Waals surface area contributed by atoms with Gasteiger partial charge in [-0.25, -0.2) is 4.79 Å². The number of amides is 1. The Morgan fingerprint density at radius 1 is 1.26 bits per heavy atom. The normalized spacial score (nSPS) is 11.4. The van der Waals surface area contributed by atoms with Crippen molar-refractivity contribution in [2.75, 3.05) is 12.4 Å². The van der Waals surface area contributed by atoms with Gasteiger partial charge in [0.25, 0.3) is 5.91 Å². The first-order valence-electron chi connectivity index (χ1n) is 7.52. The van der Waals surface area contributed by atoms with Gasteiger partial charge in [0, 0.05) is 16.2 Å². The third-order valence-corrected chi connectivity index (χ3v) is 4.15. The number of halogens is 2. The summed E-state index contributed by atoms with van der Waals surface area (Å²) >= 11 is 3.21. The summed E-state index contributed by atoms with van der Waals surface area (Å²) in [6, 6.07) is 7.57. The Bertz CT molecular complexity index is 905. The number of methoxy groups -OCH3 is 1. The topological polar surface area (TPSA) is 108 Å². The van der Waals surface area contributed by atoms with Crippen LogP contribution in [-0.2, 0) is 9.53 Å². The number of hydrogen-bond acceptors (Lipinski definition) is 6. The molecule has 1 amide bonds. The van der Waals surface area contributed by atoms with Crippen molar-refractivity contribution in [3.05, 3.63) is 62.4 Å². The molecule has 2 rings (SSSR count). The number of hydrogen-bond donors (Lipinski definition) is 1. The van der Waals surface area contributed by atoms with E-state index in [9.17, 15) is 24.1 Å². The Morgan fingerprint density at radius 2 is 1.96 bits per heavy atom. The maximum absolute atomic E-state index is 13.3. The van der Waals surface area contributed by atoms with Crippen LogP contribution in [-0.4, -0.2) is 30.0 Å². The predicted octanol–water partition coefficient (Wildman–Crippen LogP) is 3.69. The number of nitrogens with one attached hydrogen (secondary N) is 1. The highest BCUT2D eigenvalue weighted by Gasteiger charge is 2.22. The van der Waals surface area contributed by atoms with Crippen LogP contribution in [0.3, 0.4) is 0 Å². The van der Waals surface area contributed by atoms with Crippen LogP contribution in [0.25, 0.3) is 0 Å². The van der Waals surface area contributed by atoms with Gasteiger partial charge in [0.15, 0.2) is 6.10 Å². The molecule has 1 atom stereocenters. The van der Waals surface area contributed by atoms with E-state index >= 15 is 0 Å². The third-order valence-electron chi connectivity index (χ3n) is 3.46. The molecule has 0 spiro atoms. The maximum atomic E-state index is 13.3. The fourth-order valence-corrected chi connectivity index (χ4v) is 2.45. The van der Waals surface area contributed by atoms with E-state index in [1.54, 1.807) is 12.1 Å². The fraction of sp³-hybridized carbons (Fsp3) is 0.176. The number of carbonyl (C=O) groups excluding carboxylic acids is 2. The molecule has 2 aromatic rings. The predicted molar refractivity (Wildman–Crippen MR) is 97.3 cm³/mol. The van der Waals surface area contributed by atoms with Gasteiger partial charge in [0.05, 0.1) is 17.6 Å². The molecule has 1 unspecified atom stereocenters. The molecular weight excluding hydrogens is 427 g/mol. The lowest BCUT2D eigenvalue weighted by atomic mass is 10.2. The monoisotopic (exact) mass is 440 g/mol. The minimum absolute atomic E-state index is 0.00133. The number of rotatable bonds is 6. The Hall–Kier alpha value is -3.01. The van der Waals surface area contributed by atoms with Crippen molar-refractivity contribution in [1.82, 2.24) is 0 Å². The van der Waals surface area contributed by atoms with Crippen molar-refractivity contribution < 1.29 is 28.4 Å². The second-order valence-corrected chi connectivity index (χ2v) is 6.16. The molecule has 10 heteroatoms. The van der Waals surface area contributed by atoms with Crippen LogP contribution in [0.1, 0.15) is 17.3 Å². The summed E-state index contributed by atoms with van der Waals surface area (Å²) < 4.78 is 23.9. The molecule has 27 heavy (non-hydrogen) atoms. The highest BCUT2D eigenvalue weighted by molar-refractivity contribution is 9.10. The molecule has 0 aromatic heterocycles. The second-order valence-electron chi connectivity index (χ2n) is 5.31. The zero-order valence-electron chi connectivity index (χ0n) is 14.2. The summed E-state index contributed by atoms with van der Waals surface area (Å²) in [5.41, 5.74) is -0.622. The molecule has 0 aliphatic rings. The number of carbonyl (C=O) groups is 2. The largest absolute Gasteiger partial charge is 0.497 e. The van der Waals surface area contributed by atoms with Crippen molar-refractivity contribution in [3.8, 4) is 5.75 Å². The zero-order chi connectivity index (χ0) is 20.1. The SMILES string of the molecule is COc1ccc(Br)c(C(=O)OC(C)C(=O)Nc2ccc(F)c([N+](=O)[O-])c2)c1. The van der Waals surface area contributed by atoms with E-state index in [0.29, 0.717) is 10.2 Å². The lowest BCUT2D eigenvalue weighted by molar-refractivity contribution is -0.387. The molecule has 1 N–H and O–H groups in total. The molecule has 142 valence electrons. The Balaban J connectivity index is 2.09. The molecule has 8 nitrogen and oxygen atoms in total. The van der Waals surface area contributed by atoms with Gasteiger partial charge in [-0.05, 0) is 53.2 Å². The Morgan fingerprint density at radius 3 is 2.59 bits per heavy atom. The van der Waals surface area contributed by atoms with E-state index in [1.165, 1.54) is 20.1 Å². The molecule has 2 aromatic carbocycles. The van der Waals surface area contributed by atoms with Crippen LogP contribution in [0, 0.1) is 15.9 Å². The number of esters is 1. The van der Waals surface area contributed by atoms with Gasteiger partial charge in [-0.1, -0.05) is 0 Å². The van der Waals surface area contributed by atoms with Crippen molar-refractivity contribution >= 4 is 39.2 Å². The number of nitro benzene ring substituents is 1. The smallest absolute Gasteiger partial charge is 0.340 e. The number of anilines is 1. The summed E-state index contributed by atoms with van der Waals surface area (Å²) in [7, 11) is 1.44. The first kappa shape index (κ1) is 20.3. The minimum atomic E-state index is -1.21. The Labute approximate surface area is 161 Å².